The Morgan fingerprint density at radius 1 is 1.47 bits per heavy atom. The highest BCUT2D eigenvalue weighted by Crippen LogP contribution is 2.18. The van der Waals surface area contributed by atoms with E-state index in [-0.39, 0.29) is 0 Å². The summed E-state index contributed by atoms with van der Waals surface area (Å²) in [5.74, 6) is 0.742. The van der Waals surface area contributed by atoms with Crippen LogP contribution in [0.2, 0.25) is 0 Å². The highest BCUT2D eigenvalue weighted by Gasteiger charge is 2.22. The number of unbranched alkanes of at least 4 members (excludes halogenated alkanes) is 1. The third-order valence-corrected chi connectivity index (χ3v) is 3.72. The molecule has 0 spiro atoms. The molecule has 0 amide bonds. The molecule has 17 heavy (non-hydrogen) atoms. The van der Waals surface area contributed by atoms with Crippen molar-refractivity contribution >= 4 is 0 Å². The zero-order chi connectivity index (χ0) is 12.5. The molecular formula is C14H30N2O. The molecule has 3 nitrogen and oxygen atoms in total. The normalized spacial score (nSPS) is 23.8. The first-order chi connectivity index (χ1) is 8.27. The van der Waals surface area contributed by atoms with Crippen molar-refractivity contribution in [2.75, 3.05) is 39.9 Å². The molecule has 0 aromatic rings. The molecule has 0 radical (unpaired) electrons. The highest BCUT2D eigenvalue weighted by atomic mass is 16.5. The molecule has 1 heterocycles. The lowest BCUT2D eigenvalue weighted by Gasteiger charge is -2.36. The quantitative estimate of drug-likeness (QED) is 0.660. The van der Waals surface area contributed by atoms with Crippen LogP contribution in [-0.2, 0) is 4.74 Å². The zero-order valence-electron chi connectivity index (χ0n) is 11.9. The summed E-state index contributed by atoms with van der Waals surface area (Å²) in [7, 11) is 1.81. The number of ether oxygens (including phenoxy) is 1. The summed E-state index contributed by atoms with van der Waals surface area (Å²) in [5.41, 5.74) is 0. The van der Waals surface area contributed by atoms with Gasteiger partial charge in [-0.1, -0.05) is 13.3 Å². The zero-order valence-corrected chi connectivity index (χ0v) is 11.9. The molecule has 0 bridgehead atoms. The van der Waals surface area contributed by atoms with Gasteiger partial charge in [0.05, 0.1) is 6.61 Å². The summed E-state index contributed by atoms with van der Waals surface area (Å²) >= 11 is 0. The minimum Gasteiger partial charge on any atom is -0.384 e. The lowest BCUT2D eigenvalue weighted by atomic mass is 9.97. The second-order valence-corrected chi connectivity index (χ2v) is 5.37. The Kier molecular flexibility index (Phi) is 7.82. The average molecular weight is 242 g/mol. The first kappa shape index (κ1) is 14.9. The largest absolute Gasteiger partial charge is 0.384 e. The van der Waals surface area contributed by atoms with Crippen LogP contribution in [0.3, 0.4) is 0 Å². The molecule has 1 aliphatic rings. The van der Waals surface area contributed by atoms with Gasteiger partial charge in [0.1, 0.15) is 0 Å². The molecule has 3 heteroatoms. The number of methoxy groups -OCH3 is 1. The van der Waals surface area contributed by atoms with Gasteiger partial charge in [0.25, 0.3) is 0 Å². The van der Waals surface area contributed by atoms with E-state index < -0.39 is 0 Å². The van der Waals surface area contributed by atoms with Crippen molar-refractivity contribution in [1.82, 2.24) is 10.2 Å². The second kappa shape index (κ2) is 8.90. The number of rotatable bonds is 8. The van der Waals surface area contributed by atoms with Gasteiger partial charge in [-0.15, -0.1) is 0 Å². The Bertz CT molecular complexity index is 185. The van der Waals surface area contributed by atoms with Crippen LogP contribution in [0.15, 0.2) is 0 Å². The van der Waals surface area contributed by atoms with Gasteiger partial charge in [-0.2, -0.15) is 0 Å². The van der Waals surface area contributed by atoms with Crippen LogP contribution in [0.4, 0.5) is 0 Å². The Balaban J connectivity index is 2.18. The molecule has 0 aromatic heterocycles. The standard InChI is InChI=1S/C14H30N2O/c1-4-5-8-15-10-13(2)16-9-6-7-14(11-16)12-17-3/h13-15H,4-12H2,1-3H3. The molecule has 1 N–H and O–H groups in total. The van der Waals surface area contributed by atoms with Crippen molar-refractivity contribution in [3.63, 3.8) is 0 Å². The fourth-order valence-electron chi connectivity index (χ4n) is 2.61. The monoisotopic (exact) mass is 242 g/mol. The van der Waals surface area contributed by atoms with Crippen LogP contribution < -0.4 is 5.32 Å². The van der Waals surface area contributed by atoms with Gasteiger partial charge in [0.15, 0.2) is 0 Å². The Labute approximate surface area is 107 Å². The van der Waals surface area contributed by atoms with Gasteiger partial charge in [0.2, 0.25) is 0 Å². The first-order valence-corrected chi connectivity index (χ1v) is 7.21. The lowest BCUT2D eigenvalue weighted by molar-refractivity contribution is 0.0721. The first-order valence-electron chi connectivity index (χ1n) is 7.21. The molecule has 1 saturated heterocycles. The molecule has 1 fully saturated rings. The van der Waals surface area contributed by atoms with Crippen molar-refractivity contribution in [2.24, 2.45) is 5.92 Å². The fourth-order valence-corrected chi connectivity index (χ4v) is 2.61. The highest BCUT2D eigenvalue weighted by molar-refractivity contribution is 4.78. The Hall–Kier alpha value is -0.120. The summed E-state index contributed by atoms with van der Waals surface area (Å²) in [6.45, 7) is 10.3. The van der Waals surface area contributed by atoms with Crippen LogP contribution in [0.1, 0.15) is 39.5 Å². The molecule has 0 saturated carbocycles. The summed E-state index contributed by atoms with van der Waals surface area (Å²) in [6, 6.07) is 0.659. The molecule has 102 valence electrons. The van der Waals surface area contributed by atoms with Crippen LogP contribution in [0.25, 0.3) is 0 Å². The SMILES string of the molecule is CCCCNCC(C)N1CCCC(COC)C1. The van der Waals surface area contributed by atoms with E-state index in [4.69, 9.17) is 4.74 Å². The average Bonchev–Trinajstić information content (AvgIpc) is 2.35. The molecule has 1 rings (SSSR count). The number of likely N-dealkylation sites (tertiary alicyclic amines) is 1. The minimum atomic E-state index is 0.659. The smallest absolute Gasteiger partial charge is 0.0502 e. The van der Waals surface area contributed by atoms with E-state index in [1.165, 1.54) is 38.8 Å². The van der Waals surface area contributed by atoms with Gasteiger partial charge in [-0.05, 0) is 45.2 Å². The minimum absolute atomic E-state index is 0.659. The predicted molar refractivity (Wildman–Crippen MR) is 73.4 cm³/mol. The topological polar surface area (TPSA) is 24.5 Å². The van der Waals surface area contributed by atoms with Gasteiger partial charge in [0, 0.05) is 26.2 Å². The van der Waals surface area contributed by atoms with E-state index in [2.05, 4.69) is 24.1 Å². The maximum atomic E-state index is 5.28. The number of nitrogens with zero attached hydrogens (tertiary/aromatic N) is 1. The molecular weight excluding hydrogens is 212 g/mol. The number of piperidine rings is 1. The van der Waals surface area contributed by atoms with E-state index in [9.17, 15) is 0 Å². The number of hydrogen-bond acceptors (Lipinski definition) is 3. The molecule has 0 aliphatic carbocycles. The molecule has 0 aromatic carbocycles. The second-order valence-electron chi connectivity index (χ2n) is 5.37. The van der Waals surface area contributed by atoms with E-state index in [0.717, 1.165) is 25.6 Å². The van der Waals surface area contributed by atoms with Crippen LogP contribution in [0.5, 0.6) is 0 Å². The summed E-state index contributed by atoms with van der Waals surface area (Å²) < 4.78 is 5.28. The maximum Gasteiger partial charge on any atom is 0.0502 e. The van der Waals surface area contributed by atoms with Gasteiger partial charge >= 0.3 is 0 Å². The van der Waals surface area contributed by atoms with E-state index in [1.54, 1.807) is 0 Å². The molecule has 1 aliphatic heterocycles. The van der Waals surface area contributed by atoms with E-state index in [0.29, 0.717) is 6.04 Å². The fraction of sp³-hybridized carbons (Fsp3) is 1.00. The van der Waals surface area contributed by atoms with Crippen molar-refractivity contribution < 1.29 is 4.74 Å². The summed E-state index contributed by atoms with van der Waals surface area (Å²) in [5, 5.41) is 3.56. The van der Waals surface area contributed by atoms with Gasteiger partial charge < -0.3 is 10.1 Å². The Morgan fingerprint density at radius 3 is 3.00 bits per heavy atom. The van der Waals surface area contributed by atoms with Crippen LogP contribution in [-0.4, -0.2) is 50.8 Å². The third-order valence-electron chi connectivity index (χ3n) is 3.72. The predicted octanol–water partition coefficient (Wildman–Crippen LogP) is 2.12. The number of hydrogen-bond donors (Lipinski definition) is 1. The van der Waals surface area contributed by atoms with Crippen molar-refractivity contribution in [3.8, 4) is 0 Å². The summed E-state index contributed by atoms with van der Waals surface area (Å²) in [4.78, 5) is 2.62. The lowest BCUT2D eigenvalue weighted by Crippen LogP contribution is -2.46. The van der Waals surface area contributed by atoms with Gasteiger partial charge in [-0.25, -0.2) is 0 Å². The Morgan fingerprint density at radius 2 is 2.29 bits per heavy atom. The van der Waals surface area contributed by atoms with E-state index >= 15 is 0 Å². The molecule has 2 atom stereocenters. The summed E-state index contributed by atoms with van der Waals surface area (Å²) in [6.07, 6.45) is 5.23. The van der Waals surface area contributed by atoms with Crippen molar-refractivity contribution in [3.05, 3.63) is 0 Å². The third kappa shape index (κ3) is 5.84. The van der Waals surface area contributed by atoms with Gasteiger partial charge in [-0.3, -0.25) is 4.90 Å². The number of nitrogens with one attached hydrogen (secondary N) is 1. The maximum absolute atomic E-state index is 5.28. The van der Waals surface area contributed by atoms with Crippen LogP contribution in [0, 0.1) is 5.92 Å². The van der Waals surface area contributed by atoms with Crippen LogP contribution >= 0.6 is 0 Å². The van der Waals surface area contributed by atoms with Crippen molar-refractivity contribution in [2.45, 2.75) is 45.6 Å². The molecule has 2 unspecified atom stereocenters. The van der Waals surface area contributed by atoms with Crippen molar-refractivity contribution in [1.29, 1.82) is 0 Å². The van der Waals surface area contributed by atoms with E-state index in [1.807, 2.05) is 7.11 Å².